The lowest BCUT2D eigenvalue weighted by Crippen LogP contribution is -2.26. The van der Waals surface area contributed by atoms with Gasteiger partial charge in [-0.05, 0) is 30.6 Å². The van der Waals surface area contributed by atoms with Crippen LogP contribution in [0.5, 0.6) is 11.9 Å². The molecular weight excluding hydrogens is 399 g/mol. The first-order valence-corrected chi connectivity index (χ1v) is 9.83. The fraction of sp³-hybridized carbons (Fsp3) is 0.318. The summed E-state index contributed by atoms with van der Waals surface area (Å²) in [6.07, 6.45) is 10.7. The fourth-order valence-electron chi connectivity index (χ4n) is 4.26. The summed E-state index contributed by atoms with van der Waals surface area (Å²) in [4.78, 5) is 12.8. The first kappa shape index (κ1) is 19.2. The van der Waals surface area contributed by atoms with Crippen molar-refractivity contribution in [1.29, 1.82) is 5.26 Å². The Morgan fingerprint density at radius 1 is 1.29 bits per heavy atom. The maximum atomic E-state index is 15.7. The highest BCUT2D eigenvalue weighted by molar-refractivity contribution is 5.68. The van der Waals surface area contributed by atoms with Gasteiger partial charge in [0.15, 0.2) is 5.65 Å². The van der Waals surface area contributed by atoms with E-state index in [1.54, 1.807) is 41.3 Å². The molecule has 1 fully saturated rings. The Hall–Kier alpha value is -3.80. The largest absolute Gasteiger partial charge is 0.480 e. The number of rotatable bonds is 5. The second-order valence-electron chi connectivity index (χ2n) is 7.68. The van der Waals surface area contributed by atoms with Gasteiger partial charge in [-0.1, -0.05) is 6.08 Å². The SMILES string of the molecule is COc1ncc(-c2cc([C@H]3C[C@@H]3C3(F)C=CC=C(C#N)C3)c3nccn3n2)c(OC)n1. The van der Waals surface area contributed by atoms with Crippen molar-refractivity contribution in [1.82, 2.24) is 24.6 Å². The van der Waals surface area contributed by atoms with E-state index in [0.29, 0.717) is 34.8 Å². The van der Waals surface area contributed by atoms with Crippen molar-refractivity contribution in [2.24, 2.45) is 5.92 Å². The third kappa shape index (κ3) is 3.20. The highest BCUT2D eigenvalue weighted by Crippen LogP contribution is 2.58. The number of hydrogen-bond donors (Lipinski definition) is 0. The number of halogens is 1. The van der Waals surface area contributed by atoms with Crippen LogP contribution >= 0.6 is 0 Å². The molecule has 0 radical (unpaired) electrons. The molecule has 0 bridgehead atoms. The monoisotopic (exact) mass is 418 g/mol. The molecule has 0 N–H and O–H groups in total. The van der Waals surface area contributed by atoms with Gasteiger partial charge in [0.1, 0.15) is 5.67 Å². The molecule has 9 heteroatoms. The molecular formula is C22H19FN6O2. The van der Waals surface area contributed by atoms with Crippen LogP contribution < -0.4 is 9.47 Å². The van der Waals surface area contributed by atoms with Crippen LogP contribution in [0.4, 0.5) is 4.39 Å². The van der Waals surface area contributed by atoms with Crippen molar-refractivity contribution >= 4 is 5.65 Å². The Bertz CT molecular complexity index is 1280. The smallest absolute Gasteiger partial charge is 0.319 e. The van der Waals surface area contributed by atoms with Crippen molar-refractivity contribution in [3.8, 4) is 29.2 Å². The molecule has 3 heterocycles. The summed E-state index contributed by atoms with van der Waals surface area (Å²) in [5, 5.41) is 13.8. The van der Waals surface area contributed by atoms with E-state index in [-0.39, 0.29) is 24.3 Å². The summed E-state index contributed by atoms with van der Waals surface area (Å²) >= 11 is 0. The Labute approximate surface area is 177 Å². The summed E-state index contributed by atoms with van der Waals surface area (Å²) in [6, 6.07) is 4.17. The fourth-order valence-corrected chi connectivity index (χ4v) is 4.26. The van der Waals surface area contributed by atoms with Gasteiger partial charge in [-0.2, -0.15) is 15.3 Å². The first-order chi connectivity index (χ1) is 15.1. The maximum Gasteiger partial charge on any atom is 0.319 e. The molecule has 0 amide bonds. The van der Waals surface area contributed by atoms with Crippen LogP contribution in [0, 0.1) is 17.2 Å². The predicted octanol–water partition coefficient (Wildman–Crippen LogP) is 3.43. The molecule has 3 aromatic rings. The van der Waals surface area contributed by atoms with Crippen molar-refractivity contribution in [3.05, 3.63) is 54.0 Å². The topological polar surface area (TPSA) is 98.2 Å². The third-order valence-corrected chi connectivity index (χ3v) is 5.85. The number of nitriles is 1. The number of fused-ring (bicyclic) bond motifs is 1. The van der Waals surface area contributed by atoms with E-state index in [1.165, 1.54) is 14.2 Å². The second kappa shape index (κ2) is 7.16. The van der Waals surface area contributed by atoms with E-state index in [4.69, 9.17) is 9.47 Å². The lowest BCUT2D eigenvalue weighted by molar-refractivity contribution is 0.191. The minimum Gasteiger partial charge on any atom is -0.480 e. The van der Waals surface area contributed by atoms with Gasteiger partial charge in [0.05, 0.1) is 31.5 Å². The highest BCUT2D eigenvalue weighted by atomic mass is 19.1. The second-order valence-corrected chi connectivity index (χ2v) is 7.68. The highest BCUT2D eigenvalue weighted by Gasteiger charge is 2.54. The quantitative estimate of drug-likeness (QED) is 0.626. The molecule has 3 aromatic heterocycles. The third-order valence-electron chi connectivity index (χ3n) is 5.85. The average molecular weight is 418 g/mol. The molecule has 2 aliphatic rings. The number of alkyl halides is 1. The van der Waals surface area contributed by atoms with Crippen LogP contribution in [0.15, 0.2) is 48.5 Å². The van der Waals surface area contributed by atoms with Crippen molar-refractivity contribution in [2.75, 3.05) is 14.2 Å². The van der Waals surface area contributed by atoms with Gasteiger partial charge < -0.3 is 9.47 Å². The lowest BCUT2D eigenvalue weighted by Gasteiger charge is -2.24. The normalized spacial score (nSPS) is 24.5. The molecule has 31 heavy (non-hydrogen) atoms. The minimum absolute atomic E-state index is 0.0375. The molecule has 1 saturated carbocycles. The van der Waals surface area contributed by atoms with Crippen molar-refractivity contribution in [3.63, 3.8) is 0 Å². The molecule has 0 spiro atoms. The van der Waals surface area contributed by atoms with Crippen LogP contribution in [0.2, 0.25) is 0 Å². The van der Waals surface area contributed by atoms with Gasteiger partial charge in [-0.3, -0.25) is 0 Å². The molecule has 1 unspecified atom stereocenters. The van der Waals surface area contributed by atoms with Crippen molar-refractivity contribution in [2.45, 2.75) is 24.4 Å². The summed E-state index contributed by atoms with van der Waals surface area (Å²) in [7, 11) is 3.00. The number of ether oxygens (including phenoxy) is 2. The van der Waals surface area contributed by atoms with E-state index in [0.717, 1.165) is 5.56 Å². The van der Waals surface area contributed by atoms with E-state index in [2.05, 4.69) is 26.1 Å². The van der Waals surface area contributed by atoms with Crippen LogP contribution in [0.1, 0.15) is 24.3 Å². The Kier molecular flexibility index (Phi) is 4.43. The Morgan fingerprint density at radius 2 is 2.16 bits per heavy atom. The van der Waals surface area contributed by atoms with Gasteiger partial charge in [0.25, 0.3) is 0 Å². The molecule has 5 rings (SSSR count). The standard InChI is InChI=1S/C22H19FN6O2/c1-30-20-16(12-26-21(27-20)31-2)18-9-15(19-25-6-7-29(19)28-18)14-8-17(14)22(23)5-3-4-13(10-22)11-24/h3-7,9,12,14,17H,8,10H2,1-2H3/t14-,17+,22?/m1/s1. The van der Waals surface area contributed by atoms with E-state index in [9.17, 15) is 5.26 Å². The maximum absolute atomic E-state index is 15.7. The van der Waals surface area contributed by atoms with Gasteiger partial charge in [-0.25, -0.2) is 18.9 Å². The molecule has 2 aliphatic carbocycles. The minimum atomic E-state index is -1.54. The van der Waals surface area contributed by atoms with Crippen LogP contribution in [-0.4, -0.2) is 44.5 Å². The molecule has 156 valence electrons. The number of methoxy groups -OCH3 is 2. The Morgan fingerprint density at radius 3 is 2.94 bits per heavy atom. The number of allylic oxidation sites excluding steroid dienone is 4. The van der Waals surface area contributed by atoms with Gasteiger partial charge in [0.2, 0.25) is 5.88 Å². The summed E-state index contributed by atoms with van der Waals surface area (Å²) in [5.41, 5.74) is 1.69. The zero-order valence-electron chi connectivity index (χ0n) is 17.0. The van der Waals surface area contributed by atoms with Gasteiger partial charge >= 0.3 is 6.01 Å². The summed E-state index contributed by atoms with van der Waals surface area (Å²) in [6.45, 7) is 0. The van der Waals surface area contributed by atoms with Gasteiger partial charge in [-0.15, -0.1) is 0 Å². The summed E-state index contributed by atoms with van der Waals surface area (Å²) < 4.78 is 27.9. The summed E-state index contributed by atoms with van der Waals surface area (Å²) in [5.74, 6) is 0.0631. The Balaban J connectivity index is 1.55. The molecule has 8 nitrogen and oxygen atoms in total. The number of imidazole rings is 1. The lowest BCUT2D eigenvalue weighted by atomic mass is 9.86. The van der Waals surface area contributed by atoms with E-state index >= 15 is 4.39 Å². The average Bonchev–Trinajstić information content (AvgIpc) is 3.48. The van der Waals surface area contributed by atoms with Crippen LogP contribution in [-0.2, 0) is 0 Å². The molecule has 0 aromatic carbocycles. The molecule has 3 atom stereocenters. The zero-order chi connectivity index (χ0) is 21.6. The van der Waals surface area contributed by atoms with Crippen molar-refractivity contribution < 1.29 is 13.9 Å². The van der Waals surface area contributed by atoms with Gasteiger partial charge in [0, 0.05) is 42.1 Å². The van der Waals surface area contributed by atoms with E-state index < -0.39 is 5.67 Å². The van der Waals surface area contributed by atoms with E-state index in [1.807, 2.05) is 6.07 Å². The molecule has 0 saturated heterocycles. The molecule has 0 aliphatic heterocycles. The number of aromatic nitrogens is 5. The first-order valence-electron chi connectivity index (χ1n) is 9.83. The number of nitrogens with zero attached hydrogens (tertiary/aromatic N) is 6. The van der Waals surface area contributed by atoms with Crippen LogP contribution in [0.25, 0.3) is 16.9 Å². The van der Waals surface area contributed by atoms with Crippen LogP contribution in [0.3, 0.4) is 0 Å². The number of hydrogen-bond acceptors (Lipinski definition) is 7. The predicted molar refractivity (Wildman–Crippen MR) is 109 cm³/mol. The zero-order valence-corrected chi connectivity index (χ0v) is 17.0.